The van der Waals surface area contributed by atoms with Crippen molar-refractivity contribution in [2.75, 3.05) is 0 Å². The van der Waals surface area contributed by atoms with Gasteiger partial charge in [-0.25, -0.2) is 0 Å². The molecule has 0 aromatic heterocycles. The second-order valence-electron chi connectivity index (χ2n) is 4.89. The van der Waals surface area contributed by atoms with Crippen LogP contribution < -0.4 is 0 Å². The average Bonchev–Trinajstić information content (AvgIpc) is 2.43. The zero-order valence-corrected chi connectivity index (χ0v) is 15.3. The normalized spacial score (nSPS) is 31.0. The summed E-state index contributed by atoms with van der Waals surface area (Å²) in [6, 6.07) is 0. The van der Waals surface area contributed by atoms with Gasteiger partial charge in [-0.3, -0.25) is 0 Å². The highest BCUT2D eigenvalue weighted by Crippen LogP contribution is 2.35. The molecule has 0 aromatic carbocycles. The maximum Gasteiger partial charge on any atom is 0.374 e. The van der Waals surface area contributed by atoms with Crippen LogP contribution in [0.5, 0.6) is 0 Å². The first-order valence-corrected chi connectivity index (χ1v) is 11.7. The van der Waals surface area contributed by atoms with Crippen molar-refractivity contribution in [3.8, 4) is 0 Å². The Balaban J connectivity index is 2.89. The molecule has 1 rings (SSSR count). The standard InChI is InChI=1S/C16H28O2Si2/c1-5-9-13-19(14-10-6-2)17-20(18-19,15-11-7-3)16-12-8-4/h9-16H,5-8H2,1-4H3. The van der Waals surface area contributed by atoms with Crippen molar-refractivity contribution >= 4 is 17.1 Å². The fourth-order valence-electron chi connectivity index (χ4n) is 2.02. The molecular weight excluding hydrogens is 280 g/mol. The minimum absolute atomic E-state index is 1.02. The lowest BCUT2D eigenvalue weighted by Gasteiger charge is -2.47. The lowest BCUT2D eigenvalue weighted by atomic mass is 10.5. The maximum atomic E-state index is 6.43. The van der Waals surface area contributed by atoms with Gasteiger partial charge in [0.25, 0.3) is 0 Å². The molecule has 112 valence electrons. The van der Waals surface area contributed by atoms with Crippen molar-refractivity contribution in [1.29, 1.82) is 0 Å². The molecule has 0 aliphatic carbocycles. The van der Waals surface area contributed by atoms with E-state index in [9.17, 15) is 0 Å². The maximum absolute atomic E-state index is 6.43. The van der Waals surface area contributed by atoms with E-state index in [0.717, 1.165) is 25.7 Å². The highest BCUT2D eigenvalue weighted by molar-refractivity contribution is 7.03. The van der Waals surface area contributed by atoms with Crippen LogP contribution in [0.3, 0.4) is 0 Å². The second kappa shape index (κ2) is 8.57. The van der Waals surface area contributed by atoms with E-state index in [-0.39, 0.29) is 0 Å². The Morgan fingerprint density at radius 3 is 1.00 bits per heavy atom. The molecule has 2 nitrogen and oxygen atoms in total. The van der Waals surface area contributed by atoms with E-state index in [0.29, 0.717) is 0 Å². The predicted molar refractivity (Wildman–Crippen MR) is 91.4 cm³/mol. The molecule has 1 aliphatic heterocycles. The summed E-state index contributed by atoms with van der Waals surface area (Å²) >= 11 is 0. The van der Waals surface area contributed by atoms with Gasteiger partial charge in [0.05, 0.1) is 0 Å². The fourth-order valence-corrected chi connectivity index (χ4v) is 10.7. The van der Waals surface area contributed by atoms with Crippen LogP contribution in [0.2, 0.25) is 0 Å². The van der Waals surface area contributed by atoms with Crippen molar-refractivity contribution in [1.82, 2.24) is 0 Å². The highest BCUT2D eigenvalue weighted by Gasteiger charge is 2.57. The Bertz CT molecular complexity index is 323. The van der Waals surface area contributed by atoms with E-state index in [4.69, 9.17) is 8.23 Å². The fraction of sp³-hybridized carbons (Fsp3) is 0.500. The van der Waals surface area contributed by atoms with Gasteiger partial charge in [0.1, 0.15) is 0 Å². The highest BCUT2D eigenvalue weighted by atomic mass is 28.5. The molecule has 0 N–H and O–H groups in total. The first-order valence-electron chi connectivity index (χ1n) is 7.77. The molecule has 0 radical (unpaired) electrons. The Labute approximate surface area is 126 Å². The summed E-state index contributed by atoms with van der Waals surface area (Å²) in [4.78, 5) is 0. The van der Waals surface area contributed by atoms with Crippen LogP contribution >= 0.6 is 0 Å². The van der Waals surface area contributed by atoms with Gasteiger partial charge in [-0.15, -0.1) is 0 Å². The van der Waals surface area contributed by atoms with Gasteiger partial charge in [0.2, 0.25) is 0 Å². The number of hydrogen-bond donors (Lipinski definition) is 0. The van der Waals surface area contributed by atoms with E-state index in [1.54, 1.807) is 0 Å². The van der Waals surface area contributed by atoms with E-state index in [1.165, 1.54) is 0 Å². The van der Waals surface area contributed by atoms with Crippen LogP contribution in [0.25, 0.3) is 0 Å². The number of allylic oxidation sites excluding steroid dienone is 4. The van der Waals surface area contributed by atoms with Crippen molar-refractivity contribution in [2.45, 2.75) is 53.4 Å². The molecule has 1 aliphatic rings. The lowest BCUT2D eigenvalue weighted by Crippen LogP contribution is -2.67. The third-order valence-corrected chi connectivity index (χ3v) is 10.9. The summed E-state index contributed by atoms with van der Waals surface area (Å²) in [6.07, 6.45) is 12.7. The zero-order chi connectivity index (χ0) is 14.9. The van der Waals surface area contributed by atoms with E-state index < -0.39 is 17.1 Å². The summed E-state index contributed by atoms with van der Waals surface area (Å²) in [5.74, 6) is 0. The van der Waals surface area contributed by atoms with Crippen molar-refractivity contribution < 1.29 is 8.23 Å². The second-order valence-corrected chi connectivity index (χ2v) is 10.7. The molecule has 0 spiro atoms. The summed E-state index contributed by atoms with van der Waals surface area (Å²) in [5, 5.41) is 0. The van der Waals surface area contributed by atoms with Gasteiger partial charge in [0.15, 0.2) is 0 Å². The summed E-state index contributed by atoms with van der Waals surface area (Å²) < 4.78 is 12.9. The molecule has 4 heteroatoms. The third kappa shape index (κ3) is 4.70. The molecular formula is C16H28O2Si2. The van der Waals surface area contributed by atoms with Gasteiger partial charge < -0.3 is 8.23 Å². The molecule has 0 saturated carbocycles. The smallest absolute Gasteiger partial charge is 0.374 e. The van der Waals surface area contributed by atoms with Crippen LogP contribution in [-0.4, -0.2) is 17.1 Å². The van der Waals surface area contributed by atoms with Crippen LogP contribution in [0.15, 0.2) is 47.1 Å². The first-order chi connectivity index (χ1) is 9.66. The lowest BCUT2D eigenvalue weighted by molar-refractivity contribution is 0.261. The van der Waals surface area contributed by atoms with Crippen molar-refractivity contribution in [2.24, 2.45) is 0 Å². The SMILES string of the molecule is CCC=C[Si]1(C=CCC)O[Si](C=CCC)(C=CCC)O1. The minimum atomic E-state index is -2.22. The molecule has 0 amide bonds. The predicted octanol–water partition coefficient (Wildman–Crippen LogP) is 4.94. The van der Waals surface area contributed by atoms with E-state index in [1.807, 2.05) is 0 Å². The molecule has 20 heavy (non-hydrogen) atoms. The van der Waals surface area contributed by atoms with E-state index >= 15 is 0 Å². The van der Waals surface area contributed by atoms with Crippen LogP contribution in [0.4, 0.5) is 0 Å². The first kappa shape index (κ1) is 17.4. The largest absolute Gasteiger partial charge is 0.403 e. The zero-order valence-electron chi connectivity index (χ0n) is 13.3. The summed E-state index contributed by atoms with van der Waals surface area (Å²) in [7, 11) is -4.44. The average molecular weight is 309 g/mol. The van der Waals surface area contributed by atoms with Gasteiger partial charge in [0, 0.05) is 0 Å². The van der Waals surface area contributed by atoms with Crippen LogP contribution in [-0.2, 0) is 8.23 Å². The van der Waals surface area contributed by atoms with Crippen LogP contribution in [0.1, 0.15) is 53.4 Å². The molecule has 1 heterocycles. The Morgan fingerprint density at radius 2 is 0.800 bits per heavy atom. The molecule has 1 saturated heterocycles. The summed E-state index contributed by atoms with van der Waals surface area (Å²) in [6.45, 7) is 8.55. The quantitative estimate of drug-likeness (QED) is 0.591. The molecule has 0 bridgehead atoms. The summed E-state index contributed by atoms with van der Waals surface area (Å²) in [5.41, 5.74) is 8.68. The molecule has 1 fully saturated rings. The van der Waals surface area contributed by atoms with Crippen molar-refractivity contribution in [3.63, 3.8) is 0 Å². The number of hydrogen-bond acceptors (Lipinski definition) is 2. The number of rotatable bonds is 8. The minimum Gasteiger partial charge on any atom is -0.403 e. The van der Waals surface area contributed by atoms with Gasteiger partial charge in [-0.1, -0.05) is 52.0 Å². The third-order valence-electron chi connectivity index (χ3n) is 2.98. The topological polar surface area (TPSA) is 18.5 Å². The Kier molecular flexibility index (Phi) is 7.44. The van der Waals surface area contributed by atoms with Gasteiger partial charge in [-0.05, 0) is 48.5 Å². The molecule has 0 unspecified atom stereocenters. The Morgan fingerprint density at radius 1 is 0.550 bits per heavy atom. The Hall–Kier alpha value is -0.686. The molecule has 0 aromatic rings. The van der Waals surface area contributed by atoms with E-state index in [2.05, 4.69) is 74.8 Å². The monoisotopic (exact) mass is 308 g/mol. The van der Waals surface area contributed by atoms with Gasteiger partial charge in [-0.2, -0.15) is 0 Å². The molecule has 0 atom stereocenters. The van der Waals surface area contributed by atoms with Gasteiger partial charge >= 0.3 is 17.1 Å². The van der Waals surface area contributed by atoms with Crippen LogP contribution in [0, 0.1) is 0 Å². The van der Waals surface area contributed by atoms with Crippen molar-refractivity contribution in [3.05, 3.63) is 47.1 Å².